The Labute approximate surface area is 229 Å². The van der Waals surface area contributed by atoms with Crippen molar-refractivity contribution in [2.75, 3.05) is 13.2 Å². The second-order valence-corrected chi connectivity index (χ2v) is 9.81. The molecule has 0 fully saturated rings. The van der Waals surface area contributed by atoms with Gasteiger partial charge in [0.15, 0.2) is 0 Å². The van der Waals surface area contributed by atoms with Crippen molar-refractivity contribution in [3.05, 3.63) is 130 Å². The summed E-state index contributed by atoms with van der Waals surface area (Å²) >= 11 is 0. The first-order valence-electron chi connectivity index (χ1n) is 13.6. The van der Waals surface area contributed by atoms with Gasteiger partial charge in [-0.2, -0.15) is 0 Å². The van der Waals surface area contributed by atoms with Crippen LogP contribution in [0, 0.1) is 27.7 Å². The van der Waals surface area contributed by atoms with Gasteiger partial charge < -0.3 is 9.47 Å². The first kappa shape index (κ1) is 29.2. The molecule has 0 unspecified atom stereocenters. The molecule has 2 aromatic heterocycles. The third-order valence-electron chi connectivity index (χ3n) is 6.42. The lowest BCUT2D eigenvalue weighted by atomic mass is 10.1. The highest BCUT2D eigenvalue weighted by atomic mass is 16.5. The lowest BCUT2D eigenvalue weighted by molar-refractivity contribution is 0.118. The van der Waals surface area contributed by atoms with E-state index in [2.05, 4.69) is 86.2 Å². The Morgan fingerprint density at radius 1 is 0.553 bits per heavy atom. The van der Waals surface area contributed by atoms with Crippen molar-refractivity contribution >= 4 is 0 Å². The normalized spacial score (nSPS) is 10.6. The molecule has 4 nitrogen and oxygen atoms in total. The number of aryl methyl sites for hydroxylation is 6. The predicted molar refractivity (Wildman–Crippen MR) is 156 cm³/mol. The number of pyridine rings is 2. The zero-order valence-corrected chi connectivity index (χ0v) is 23.5. The van der Waals surface area contributed by atoms with Crippen molar-refractivity contribution in [3.63, 3.8) is 0 Å². The van der Waals surface area contributed by atoms with Gasteiger partial charge in [-0.15, -0.1) is 0 Å². The van der Waals surface area contributed by atoms with Gasteiger partial charge in [-0.05, 0) is 99.9 Å². The number of hydrogen-bond donors (Lipinski definition) is 0. The van der Waals surface area contributed by atoms with E-state index in [4.69, 9.17) is 9.47 Å². The summed E-state index contributed by atoms with van der Waals surface area (Å²) in [5.74, 6) is 0. The molecule has 2 aromatic carbocycles. The summed E-state index contributed by atoms with van der Waals surface area (Å²) in [7, 11) is 0. The van der Waals surface area contributed by atoms with Crippen LogP contribution < -0.4 is 0 Å². The van der Waals surface area contributed by atoms with Crippen LogP contribution in [0.3, 0.4) is 0 Å². The molecular weight excluding hydrogens is 468 g/mol. The fraction of sp³-hybridized carbons (Fsp3) is 0.353. The fourth-order valence-electron chi connectivity index (χ4n) is 4.08. The van der Waals surface area contributed by atoms with Crippen molar-refractivity contribution in [3.8, 4) is 0 Å². The van der Waals surface area contributed by atoms with Gasteiger partial charge in [-0.25, -0.2) is 0 Å². The van der Waals surface area contributed by atoms with Gasteiger partial charge in [0.05, 0.1) is 13.2 Å². The minimum atomic E-state index is 0.704. The molecule has 4 rings (SSSR count). The van der Waals surface area contributed by atoms with E-state index in [9.17, 15) is 0 Å². The molecule has 0 bridgehead atoms. The van der Waals surface area contributed by atoms with Gasteiger partial charge in [-0.1, -0.05) is 59.7 Å². The molecule has 2 heterocycles. The van der Waals surface area contributed by atoms with Gasteiger partial charge in [0.2, 0.25) is 0 Å². The predicted octanol–water partition coefficient (Wildman–Crippen LogP) is 7.70. The third kappa shape index (κ3) is 11.0. The fourth-order valence-corrected chi connectivity index (χ4v) is 4.08. The molecule has 38 heavy (non-hydrogen) atoms. The SMILES string of the molecule is Cc1ccc(C)c(COCCCc2ccccn2)c1.Cc1ccc(C)c(COCCCc2ccccn2)c1. The molecule has 0 radical (unpaired) electrons. The van der Waals surface area contributed by atoms with Crippen molar-refractivity contribution in [2.24, 2.45) is 0 Å². The van der Waals surface area contributed by atoms with E-state index in [0.717, 1.165) is 50.3 Å². The summed E-state index contributed by atoms with van der Waals surface area (Å²) in [4.78, 5) is 8.61. The van der Waals surface area contributed by atoms with E-state index < -0.39 is 0 Å². The molecule has 4 aromatic rings. The van der Waals surface area contributed by atoms with Crippen molar-refractivity contribution < 1.29 is 9.47 Å². The Morgan fingerprint density at radius 3 is 1.39 bits per heavy atom. The van der Waals surface area contributed by atoms with Crippen LogP contribution in [0.15, 0.2) is 85.2 Å². The largest absolute Gasteiger partial charge is 0.377 e. The van der Waals surface area contributed by atoms with Gasteiger partial charge in [0, 0.05) is 37.0 Å². The summed E-state index contributed by atoms with van der Waals surface area (Å²) in [6.07, 6.45) is 7.67. The maximum absolute atomic E-state index is 5.75. The minimum Gasteiger partial charge on any atom is -0.377 e. The summed E-state index contributed by atoms with van der Waals surface area (Å²) in [6, 6.07) is 25.1. The van der Waals surface area contributed by atoms with Crippen LogP contribution in [0.4, 0.5) is 0 Å². The third-order valence-corrected chi connectivity index (χ3v) is 6.42. The van der Waals surface area contributed by atoms with Gasteiger partial charge in [0.1, 0.15) is 0 Å². The van der Waals surface area contributed by atoms with E-state index >= 15 is 0 Å². The highest BCUT2D eigenvalue weighted by Crippen LogP contribution is 2.13. The molecule has 0 saturated heterocycles. The summed E-state index contributed by atoms with van der Waals surface area (Å²) in [6.45, 7) is 11.5. The summed E-state index contributed by atoms with van der Waals surface area (Å²) < 4.78 is 11.5. The number of aromatic nitrogens is 2. The number of hydrogen-bond acceptors (Lipinski definition) is 4. The maximum atomic E-state index is 5.75. The highest BCUT2D eigenvalue weighted by Gasteiger charge is 2.01. The minimum absolute atomic E-state index is 0.704. The second-order valence-electron chi connectivity index (χ2n) is 9.81. The van der Waals surface area contributed by atoms with Crippen molar-refractivity contribution in [1.82, 2.24) is 9.97 Å². The summed E-state index contributed by atoms with van der Waals surface area (Å²) in [5.41, 5.74) is 10.0. The van der Waals surface area contributed by atoms with Crippen molar-refractivity contribution in [2.45, 2.75) is 66.6 Å². The molecule has 0 aliphatic carbocycles. The second kappa shape index (κ2) is 16.5. The Bertz CT molecular complexity index is 1110. The zero-order valence-electron chi connectivity index (χ0n) is 23.5. The zero-order chi connectivity index (χ0) is 27.0. The topological polar surface area (TPSA) is 44.2 Å². The van der Waals surface area contributed by atoms with E-state index in [0.29, 0.717) is 13.2 Å². The molecule has 0 atom stereocenters. The van der Waals surface area contributed by atoms with Crippen LogP contribution in [0.5, 0.6) is 0 Å². The monoisotopic (exact) mass is 510 g/mol. The van der Waals surface area contributed by atoms with Gasteiger partial charge >= 0.3 is 0 Å². The van der Waals surface area contributed by atoms with Crippen LogP contribution >= 0.6 is 0 Å². The van der Waals surface area contributed by atoms with Gasteiger partial charge in [0.25, 0.3) is 0 Å². The molecule has 0 aliphatic rings. The average molecular weight is 511 g/mol. The number of nitrogens with zero attached hydrogens (tertiary/aromatic N) is 2. The molecule has 0 N–H and O–H groups in total. The highest BCUT2D eigenvalue weighted by molar-refractivity contribution is 5.30. The van der Waals surface area contributed by atoms with Gasteiger partial charge in [-0.3, -0.25) is 9.97 Å². The standard InChI is InChI=1S/2C17H21NO/c2*1-14-8-9-15(2)16(12-14)13-19-11-5-7-17-6-3-4-10-18-17/h2*3-4,6,8-10,12H,5,7,11,13H2,1-2H3. The molecule has 0 saturated carbocycles. The number of ether oxygens (including phenoxy) is 2. The average Bonchev–Trinajstić information content (AvgIpc) is 2.93. The Kier molecular flexibility index (Phi) is 12.7. The van der Waals surface area contributed by atoms with E-state index in [1.165, 1.54) is 33.4 Å². The Morgan fingerprint density at radius 2 is 1.00 bits per heavy atom. The molecule has 4 heteroatoms. The van der Waals surface area contributed by atoms with Crippen LogP contribution in [0.25, 0.3) is 0 Å². The molecule has 0 aliphatic heterocycles. The molecule has 0 spiro atoms. The first-order valence-corrected chi connectivity index (χ1v) is 13.6. The Hall–Kier alpha value is -3.34. The lowest BCUT2D eigenvalue weighted by Gasteiger charge is -2.08. The molecule has 200 valence electrons. The van der Waals surface area contributed by atoms with E-state index in [1.54, 1.807) is 0 Å². The van der Waals surface area contributed by atoms with Crippen molar-refractivity contribution in [1.29, 1.82) is 0 Å². The number of rotatable bonds is 12. The molecule has 0 amide bonds. The van der Waals surface area contributed by atoms with Crippen LogP contribution in [0.1, 0.15) is 57.6 Å². The summed E-state index contributed by atoms with van der Waals surface area (Å²) in [5, 5.41) is 0. The smallest absolute Gasteiger partial charge is 0.0719 e. The number of benzene rings is 2. The quantitative estimate of drug-likeness (QED) is 0.183. The van der Waals surface area contributed by atoms with Crippen LogP contribution in [-0.4, -0.2) is 23.2 Å². The maximum Gasteiger partial charge on any atom is 0.0719 e. The van der Waals surface area contributed by atoms with Crippen LogP contribution in [-0.2, 0) is 35.5 Å². The van der Waals surface area contributed by atoms with E-state index in [-0.39, 0.29) is 0 Å². The molecular formula is C34H42N2O2. The first-order chi connectivity index (χ1) is 18.5. The van der Waals surface area contributed by atoms with Crippen LogP contribution in [0.2, 0.25) is 0 Å². The van der Waals surface area contributed by atoms with E-state index in [1.807, 2.05) is 36.7 Å². The lowest BCUT2D eigenvalue weighted by Crippen LogP contribution is -2.00. The Balaban J connectivity index is 0.000000211.